The van der Waals surface area contributed by atoms with Gasteiger partial charge in [-0.05, 0) is 29.1 Å². The van der Waals surface area contributed by atoms with Crippen molar-refractivity contribution in [2.24, 2.45) is 0 Å². The van der Waals surface area contributed by atoms with E-state index >= 15 is 0 Å². The highest BCUT2D eigenvalue weighted by molar-refractivity contribution is 6.30. The summed E-state index contributed by atoms with van der Waals surface area (Å²) in [6, 6.07) is 15.3. The second kappa shape index (κ2) is 6.45. The molecule has 0 aliphatic heterocycles. The Morgan fingerprint density at radius 2 is 1.96 bits per heavy atom. The van der Waals surface area contributed by atoms with Crippen LogP contribution in [0.2, 0.25) is 5.02 Å². The summed E-state index contributed by atoms with van der Waals surface area (Å²) in [4.78, 5) is 15.8. The van der Waals surface area contributed by atoms with Crippen molar-refractivity contribution in [1.29, 1.82) is 0 Å². The van der Waals surface area contributed by atoms with E-state index in [0.717, 1.165) is 22.0 Å². The third kappa shape index (κ3) is 3.02. The third-order valence-electron chi connectivity index (χ3n) is 4.13. The highest BCUT2D eigenvalue weighted by atomic mass is 35.5. The number of para-hydroxylation sites is 1. The van der Waals surface area contributed by atoms with Gasteiger partial charge < -0.3 is 10.3 Å². The minimum Gasteiger partial charge on any atom is -0.361 e. The van der Waals surface area contributed by atoms with Crippen LogP contribution in [0.25, 0.3) is 22.2 Å². The molecule has 0 atom stereocenters. The van der Waals surface area contributed by atoms with Crippen LogP contribution in [0.5, 0.6) is 0 Å². The fourth-order valence-corrected chi connectivity index (χ4v) is 2.99. The second-order valence-corrected chi connectivity index (χ2v) is 6.14. The lowest BCUT2D eigenvalue weighted by Gasteiger charge is -2.07. The molecule has 1 amide bonds. The summed E-state index contributed by atoms with van der Waals surface area (Å²) in [5.74, 6) is -0.178. The van der Waals surface area contributed by atoms with E-state index in [2.05, 4.69) is 20.5 Å². The molecule has 0 unspecified atom stereocenters. The van der Waals surface area contributed by atoms with E-state index in [1.54, 1.807) is 12.1 Å². The molecule has 2 aromatic carbocycles. The fourth-order valence-electron chi connectivity index (χ4n) is 2.86. The summed E-state index contributed by atoms with van der Waals surface area (Å²) in [7, 11) is 0. The zero-order chi connectivity index (χ0) is 17.2. The number of H-pyrrole nitrogens is 2. The number of nitrogens with one attached hydrogen (secondary N) is 3. The molecule has 0 saturated heterocycles. The molecule has 5 nitrogen and oxygen atoms in total. The standard InChI is InChI=1S/C19H15ClN4O/c20-15-6-4-13(5-7-15)18-16(11-23-24-18)19(25)22-10-14-3-1-2-12-8-9-21-17(12)14/h1-9,11,21H,10H2,(H,22,25)(H,23,24). The lowest BCUT2D eigenvalue weighted by molar-refractivity contribution is 0.0952. The highest BCUT2D eigenvalue weighted by Gasteiger charge is 2.15. The molecule has 25 heavy (non-hydrogen) atoms. The molecule has 4 rings (SSSR count). The van der Waals surface area contributed by atoms with E-state index in [1.807, 2.05) is 42.6 Å². The average molecular weight is 351 g/mol. The Labute approximate surface area is 149 Å². The summed E-state index contributed by atoms with van der Waals surface area (Å²) in [6.45, 7) is 0.432. The number of amides is 1. The summed E-state index contributed by atoms with van der Waals surface area (Å²) < 4.78 is 0. The zero-order valence-electron chi connectivity index (χ0n) is 13.2. The number of fused-ring (bicyclic) bond motifs is 1. The third-order valence-corrected chi connectivity index (χ3v) is 4.38. The van der Waals surface area contributed by atoms with Crippen LogP contribution < -0.4 is 5.32 Å². The largest absolute Gasteiger partial charge is 0.361 e. The van der Waals surface area contributed by atoms with Crippen molar-refractivity contribution in [3.05, 3.63) is 77.1 Å². The maximum Gasteiger partial charge on any atom is 0.255 e. The van der Waals surface area contributed by atoms with Crippen molar-refractivity contribution in [3.63, 3.8) is 0 Å². The Balaban J connectivity index is 1.55. The topological polar surface area (TPSA) is 73.6 Å². The van der Waals surface area contributed by atoms with Crippen molar-refractivity contribution in [2.45, 2.75) is 6.54 Å². The van der Waals surface area contributed by atoms with Crippen molar-refractivity contribution in [2.75, 3.05) is 0 Å². The Hall–Kier alpha value is -3.05. The molecule has 0 spiro atoms. The SMILES string of the molecule is O=C(NCc1cccc2cc[nH]c12)c1cn[nH]c1-c1ccc(Cl)cc1. The highest BCUT2D eigenvalue weighted by Crippen LogP contribution is 2.23. The first kappa shape index (κ1) is 15.5. The fraction of sp³-hybridized carbons (Fsp3) is 0.0526. The number of nitrogens with zero attached hydrogens (tertiary/aromatic N) is 1. The summed E-state index contributed by atoms with van der Waals surface area (Å²) >= 11 is 5.92. The van der Waals surface area contributed by atoms with Gasteiger partial charge in [0.05, 0.1) is 23.0 Å². The Morgan fingerprint density at radius 3 is 2.80 bits per heavy atom. The monoisotopic (exact) mass is 350 g/mol. The first-order valence-corrected chi connectivity index (χ1v) is 8.22. The normalized spacial score (nSPS) is 10.9. The summed E-state index contributed by atoms with van der Waals surface area (Å²) in [5, 5.41) is 11.6. The Bertz CT molecular complexity index is 1030. The maximum atomic E-state index is 12.6. The predicted molar refractivity (Wildman–Crippen MR) is 98.5 cm³/mol. The van der Waals surface area contributed by atoms with Gasteiger partial charge in [-0.2, -0.15) is 5.10 Å². The molecule has 0 bridgehead atoms. The van der Waals surface area contributed by atoms with E-state index < -0.39 is 0 Å². The number of aromatic nitrogens is 3. The van der Waals surface area contributed by atoms with Gasteiger partial charge in [-0.25, -0.2) is 0 Å². The van der Waals surface area contributed by atoms with Crippen LogP contribution in [0.3, 0.4) is 0 Å². The number of hydrogen-bond acceptors (Lipinski definition) is 2. The van der Waals surface area contributed by atoms with E-state index in [1.165, 1.54) is 6.20 Å². The smallest absolute Gasteiger partial charge is 0.255 e. The van der Waals surface area contributed by atoms with Crippen LogP contribution in [0.15, 0.2) is 60.9 Å². The average Bonchev–Trinajstić information content (AvgIpc) is 3.29. The van der Waals surface area contributed by atoms with Gasteiger partial charge in [0.15, 0.2) is 0 Å². The molecule has 0 fully saturated rings. The van der Waals surface area contributed by atoms with E-state index in [4.69, 9.17) is 11.6 Å². The molecule has 6 heteroatoms. The van der Waals surface area contributed by atoms with Gasteiger partial charge in [0.2, 0.25) is 0 Å². The molecular formula is C19H15ClN4O. The number of halogens is 1. The van der Waals surface area contributed by atoms with Gasteiger partial charge in [0.1, 0.15) is 0 Å². The van der Waals surface area contributed by atoms with Crippen LogP contribution in [0.1, 0.15) is 15.9 Å². The molecule has 4 aromatic rings. The zero-order valence-corrected chi connectivity index (χ0v) is 14.0. The number of hydrogen-bond donors (Lipinski definition) is 3. The summed E-state index contributed by atoms with van der Waals surface area (Å²) in [5.41, 5.74) is 4.10. The van der Waals surface area contributed by atoms with Crippen LogP contribution in [0.4, 0.5) is 0 Å². The molecule has 0 saturated carbocycles. The molecule has 0 aliphatic carbocycles. The number of benzene rings is 2. The molecule has 124 valence electrons. The van der Waals surface area contributed by atoms with Gasteiger partial charge in [-0.15, -0.1) is 0 Å². The second-order valence-electron chi connectivity index (χ2n) is 5.71. The maximum absolute atomic E-state index is 12.6. The quantitative estimate of drug-likeness (QED) is 0.517. The van der Waals surface area contributed by atoms with Crippen LogP contribution in [-0.2, 0) is 6.54 Å². The lowest BCUT2D eigenvalue weighted by Crippen LogP contribution is -2.23. The Morgan fingerprint density at radius 1 is 1.12 bits per heavy atom. The van der Waals surface area contributed by atoms with Gasteiger partial charge in [-0.3, -0.25) is 9.89 Å². The van der Waals surface area contributed by atoms with E-state index in [9.17, 15) is 4.79 Å². The van der Waals surface area contributed by atoms with Gasteiger partial charge in [0.25, 0.3) is 5.91 Å². The number of rotatable bonds is 4. The first-order chi connectivity index (χ1) is 12.2. The minimum atomic E-state index is -0.178. The number of aromatic amines is 2. The molecule has 0 radical (unpaired) electrons. The molecular weight excluding hydrogens is 336 g/mol. The lowest BCUT2D eigenvalue weighted by atomic mass is 10.1. The van der Waals surface area contributed by atoms with Crippen molar-refractivity contribution in [1.82, 2.24) is 20.5 Å². The number of carbonyl (C=O) groups excluding carboxylic acids is 1. The number of carbonyl (C=O) groups is 1. The van der Waals surface area contributed by atoms with Crippen molar-refractivity contribution < 1.29 is 4.79 Å². The van der Waals surface area contributed by atoms with E-state index in [0.29, 0.717) is 22.8 Å². The van der Waals surface area contributed by atoms with Crippen LogP contribution >= 0.6 is 11.6 Å². The van der Waals surface area contributed by atoms with Crippen molar-refractivity contribution in [3.8, 4) is 11.3 Å². The molecule has 2 heterocycles. The van der Waals surface area contributed by atoms with Gasteiger partial charge in [0, 0.05) is 23.3 Å². The molecule has 0 aliphatic rings. The molecule has 2 aromatic heterocycles. The first-order valence-electron chi connectivity index (χ1n) is 7.85. The van der Waals surface area contributed by atoms with Crippen LogP contribution in [-0.4, -0.2) is 21.1 Å². The van der Waals surface area contributed by atoms with Crippen molar-refractivity contribution >= 4 is 28.4 Å². The molecule has 3 N–H and O–H groups in total. The summed E-state index contributed by atoms with van der Waals surface area (Å²) in [6.07, 6.45) is 3.43. The Kier molecular flexibility index (Phi) is 3.99. The van der Waals surface area contributed by atoms with Gasteiger partial charge in [-0.1, -0.05) is 41.9 Å². The van der Waals surface area contributed by atoms with Crippen LogP contribution in [0, 0.1) is 0 Å². The van der Waals surface area contributed by atoms with Gasteiger partial charge >= 0.3 is 0 Å². The minimum absolute atomic E-state index is 0.178. The predicted octanol–water partition coefficient (Wildman–Crippen LogP) is 4.14. The van der Waals surface area contributed by atoms with E-state index in [-0.39, 0.29) is 5.91 Å².